The number of aromatic nitrogens is 2. The van der Waals surface area contributed by atoms with Crippen LogP contribution in [0, 0.1) is 13.8 Å². The number of rotatable bonds is 5. The molecule has 0 unspecified atom stereocenters. The van der Waals surface area contributed by atoms with Gasteiger partial charge in [-0.25, -0.2) is 0 Å². The lowest BCUT2D eigenvalue weighted by molar-refractivity contribution is 0.0702. The first kappa shape index (κ1) is 21.3. The number of carbonyl (C=O) groups excluding carboxylic acids is 1. The molecule has 0 bridgehead atoms. The Balaban J connectivity index is 1.46. The highest BCUT2D eigenvalue weighted by atomic mass is 16.5. The van der Waals surface area contributed by atoms with Crippen molar-refractivity contribution in [3.05, 3.63) is 82.0 Å². The van der Waals surface area contributed by atoms with Crippen LogP contribution in [0.5, 0.6) is 0 Å². The summed E-state index contributed by atoms with van der Waals surface area (Å²) in [5.74, 6) is 1.05. The van der Waals surface area contributed by atoms with Gasteiger partial charge in [0.2, 0.25) is 0 Å². The fourth-order valence-corrected chi connectivity index (χ4v) is 4.44. The number of hydrogen-bond donors (Lipinski definition) is 0. The van der Waals surface area contributed by atoms with Crippen molar-refractivity contribution in [1.29, 1.82) is 0 Å². The van der Waals surface area contributed by atoms with Gasteiger partial charge in [-0.3, -0.25) is 9.78 Å². The van der Waals surface area contributed by atoms with Crippen LogP contribution in [-0.4, -0.2) is 34.0 Å². The standard InChI is InChI=1S/C26H31N3O2/c1-17(2)25-24(19(4)31-28-25)26(30)29-12-6-9-22(16-29)23-11-10-21(15-27-23)14-20-8-5-7-18(3)13-20/h5,7-8,10-11,13,15,17,22H,6,9,12,14,16H2,1-4H3/t22-/m0/s1. The number of nitrogens with zero attached hydrogens (tertiary/aromatic N) is 3. The van der Waals surface area contributed by atoms with Gasteiger partial charge < -0.3 is 9.42 Å². The summed E-state index contributed by atoms with van der Waals surface area (Å²) in [5, 5.41) is 4.12. The predicted molar refractivity (Wildman–Crippen MR) is 121 cm³/mol. The maximum atomic E-state index is 13.3. The molecule has 4 rings (SSSR count). The molecule has 3 aromatic rings. The number of carbonyl (C=O) groups is 1. The minimum Gasteiger partial charge on any atom is -0.361 e. The number of amides is 1. The largest absolute Gasteiger partial charge is 0.361 e. The predicted octanol–water partition coefficient (Wildman–Crippen LogP) is 5.42. The summed E-state index contributed by atoms with van der Waals surface area (Å²) in [7, 11) is 0. The third-order valence-electron chi connectivity index (χ3n) is 6.12. The lowest BCUT2D eigenvalue weighted by atomic mass is 9.92. The Kier molecular flexibility index (Phi) is 6.21. The molecule has 162 valence electrons. The van der Waals surface area contributed by atoms with Crippen LogP contribution in [0.4, 0.5) is 0 Å². The van der Waals surface area contributed by atoms with E-state index in [9.17, 15) is 4.79 Å². The second kappa shape index (κ2) is 9.04. The van der Waals surface area contributed by atoms with E-state index in [1.54, 1.807) is 0 Å². The zero-order valence-electron chi connectivity index (χ0n) is 18.9. The highest BCUT2D eigenvalue weighted by Crippen LogP contribution is 2.29. The number of piperidine rings is 1. The van der Waals surface area contributed by atoms with Crippen molar-refractivity contribution in [3.63, 3.8) is 0 Å². The van der Waals surface area contributed by atoms with Crippen molar-refractivity contribution in [2.75, 3.05) is 13.1 Å². The summed E-state index contributed by atoms with van der Waals surface area (Å²) in [6.45, 7) is 9.47. The average molecular weight is 418 g/mol. The Morgan fingerprint density at radius 3 is 2.74 bits per heavy atom. The average Bonchev–Trinajstić information content (AvgIpc) is 3.15. The van der Waals surface area contributed by atoms with Crippen LogP contribution in [0.3, 0.4) is 0 Å². The van der Waals surface area contributed by atoms with Gasteiger partial charge in [-0.05, 0) is 56.2 Å². The van der Waals surface area contributed by atoms with Gasteiger partial charge in [-0.2, -0.15) is 0 Å². The molecule has 0 spiro atoms. The SMILES string of the molecule is Cc1cccc(Cc2ccc([C@H]3CCCN(C(=O)c4c(C(C)C)noc4C)C3)nc2)c1. The number of hydrogen-bond acceptors (Lipinski definition) is 4. The van der Waals surface area contributed by atoms with E-state index in [1.165, 1.54) is 16.7 Å². The normalized spacial score (nSPS) is 16.7. The van der Waals surface area contributed by atoms with E-state index in [0.29, 0.717) is 17.9 Å². The van der Waals surface area contributed by atoms with Crippen molar-refractivity contribution in [3.8, 4) is 0 Å². The van der Waals surface area contributed by atoms with E-state index in [4.69, 9.17) is 9.51 Å². The van der Waals surface area contributed by atoms with Crippen molar-refractivity contribution in [2.24, 2.45) is 0 Å². The van der Waals surface area contributed by atoms with Gasteiger partial charge in [0.1, 0.15) is 11.3 Å². The van der Waals surface area contributed by atoms with Gasteiger partial charge in [0.15, 0.2) is 0 Å². The molecule has 2 aromatic heterocycles. The summed E-state index contributed by atoms with van der Waals surface area (Å²) in [5.41, 5.74) is 6.24. The van der Waals surface area contributed by atoms with Gasteiger partial charge in [0, 0.05) is 30.9 Å². The highest BCUT2D eigenvalue weighted by molar-refractivity contribution is 5.96. The topological polar surface area (TPSA) is 59.2 Å². The maximum absolute atomic E-state index is 13.3. The quantitative estimate of drug-likeness (QED) is 0.556. The van der Waals surface area contributed by atoms with Crippen LogP contribution in [0.1, 0.15) is 82.7 Å². The van der Waals surface area contributed by atoms with Gasteiger partial charge in [0.05, 0.1) is 5.69 Å². The molecular formula is C26H31N3O2. The van der Waals surface area contributed by atoms with E-state index in [1.807, 2.05) is 31.9 Å². The van der Waals surface area contributed by atoms with E-state index in [2.05, 4.69) is 48.5 Å². The second-order valence-corrected chi connectivity index (χ2v) is 9.00. The van der Waals surface area contributed by atoms with Crippen molar-refractivity contribution < 1.29 is 9.32 Å². The molecule has 5 heteroatoms. The monoisotopic (exact) mass is 417 g/mol. The van der Waals surface area contributed by atoms with Crippen molar-refractivity contribution in [1.82, 2.24) is 15.0 Å². The summed E-state index contributed by atoms with van der Waals surface area (Å²) in [4.78, 5) is 20.0. The first-order chi connectivity index (χ1) is 14.9. The maximum Gasteiger partial charge on any atom is 0.259 e. The van der Waals surface area contributed by atoms with Crippen LogP contribution in [-0.2, 0) is 6.42 Å². The molecule has 3 heterocycles. The van der Waals surface area contributed by atoms with E-state index < -0.39 is 0 Å². The lowest BCUT2D eigenvalue weighted by Gasteiger charge is -2.32. The Hall–Kier alpha value is -2.95. The molecule has 0 radical (unpaired) electrons. The molecule has 0 saturated carbocycles. The Bertz CT molecular complexity index is 1050. The molecule has 1 fully saturated rings. The number of likely N-dealkylation sites (tertiary alicyclic amines) is 1. The lowest BCUT2D eigenvalue weighted by Crippen LogP contribution is -2.39. The molecule has 1 aromatic carbocycles. The number of pyridine rings is 1. The van der Waals surface area contributed by atoms with Gasteiger partial charge in [-0.1, -0.05) is 54.9 Å². The van der Waals surface area contributed by atoms with Crippen LogP contribution >= 0.6 is 0 Å². The number of benzene rings is 1. The second-order valence-electron chi connectivity index (χ2n) is 9.00. The summed E-state index contributed by atoms with van der Waals surface area (Å²) in [6, 6.07) is 12.9. The minimum atomic E-state index is 0.0308. The molecule has 0 N–H and O–H groups in total. The molecule has 31 heavy (non-hydrogen) atoms. The third-order valence-corrected chi connectivity index (χ3v) is 6.12. The van der Waals surface area contributed by atoms with Crippen LogP contribution in [0.15, 0.2) is 47.1 Å². The molecular weight excluding hydrogens is 386 g/mol. The first-order valence-corrected chi connectivity index (χ1v) is 11.2. The van der Waals surface area contributed by atoms with Crippen molar-refractivity contribution >= 4 is 5.91 Å². The van der Waals surface area contributed by atoms with Crippen LogP contribution in [0.25, 0.3) is 0 Å². The first-order valence-electron chi connectivity index (χ1n) is 11.2. The van der Waals surface area contributed by atoms with Crippen LogP contribution < -0.4 is 0 Å². The Morgan fingerprint density at radius 2 is 2.03 bits per heavy atom. The zero-order valence-corrected chi connectivity index (χ0v) is 18.9. The van der Waals surface area contributed by atoms with Gasteiger partial charge >= 0.3 is 0 Å². The summed E-state index contributed by atoms with van der Waals surface area (Å²) >= 11 is 0. The molecule has 5 nitrogen and oxygen atoms in total. The molecule has 1 saturated heterocycles. The fraction of sp³-hybridized carbons (Fsp3) is 0.423. The fourth-order valence-electron chi connectivity index (χ4n) is 4.44. The Morgan fingerprint density at radius 1 is 1.19 bits per heavy atom. The smallest absolute Gasteiger partial charge is 0.259 e. The van der Waals surface area contributed by atoms with Crippen LogP contribution in [0.2, 0.25) is 0 Å². The molecule has 0 aliphatic carbocycles. The molecule has 1 atom stereocenters. The van der Waals surface area contributed by atoms with Gasteiger partial charge in [-0.15, -0.1) is 0 Å². The minimum absolute atomic E-state index is 0.0308. The molecule has 1 aliphatic heterocycles. The zero-order chi connectivity index (χ0) is 22.0. The molecule has 1 aliphatic rings. The summed E-state index contributed by atoms with van der Waals surface area (Å²) < 4.78 is 5.34. The number of aryl methyl sites for hydroxylation is 2. The van der Waals surface area contributed by atoms with E-state index >= 15 is 0 Å². The van der Waals surface area contributed by atoms with Gasteiger partial charge in [0.25, 0.3) is 5.91 Å². The van der Waals surface area contributed by atoms with Crippen molar-refractivity contribution in [2.45, 2.75) is 58.8 Å². The van der Waals surface area contributed by atoms with E-state index in [0.717, 1.165) is 37.2 Å². The van der Waals surface area contributed by atoms with E-state index in [-0.39, 0.29) is 17.7 Å². The summed E-state index contributed by atoms with van der Waals surface area (Å²) in [6.07, 6.45) is 4.90. The highest BCUT2D eigenvalue weighted by Gasteiger charge is 2.31. The Labute approximate surface area is 184 Å². The third kappa shape index (κ3) is 4.71. The molecule has 1 amide bonds.